The molecular weight excluding hydrogens is 345 g/mol. The quantitative estimate of drug-likeness (QED) is 0.537. The summed E-state index contributed by atoms with van der Waals surface area (Å²) < 4.78 is 17.8. The van der Waals surface area contributed by atoms with Gasteiger partial charge in [0.15, 0.2) is 8.24 Å². The van der Waals surface area contributed by atoms with Crippen molar-refractivity contribution in [2.75, 3.05) is 0 Å². The van der Waals surface area contributed by atoms with Crippen molar-refractivity contribution in [1.29, 1.82) is 0 Å². The molecule has 0 aliphatic carbocycles. The maximum Gasteiger partial charge on any atom is 0.169 e. The maximum atomic E-state index is 14.6. The van der Waals surface area contributed by atoms with Gasteiger partial charge < -0.3 is 4.23 Å². The molecule has 116 valence electrons. The van der Waals surface area contributed by atoms with E-state index < -0.39 is 8.24 Å². The maximum absolute atomic E-state index is 14.6. The van der Waals surface area contributed by atoms with Crippen molar-refractivity contribution in [3.63, 3.8) is 0 Å². The van der Waals surface area contributed by atoms with Crippen molar-refractivity contribution < 1.29 is 4.39 Å². The summed E-state index contributed by atoms with van der Waals surface area (Å²) in [7, 11) is -1.90. The third-order valence-corrected chi connectivity index (χ3v) is 12.1. The smallest absolute Gasteiger partial charge is 0.169 e. The second-order valence-corrected chi connectivity index (χ2v) is 13.5. The number of rotatable bonds is 4. The van der Waals surface area contributed by atoms with Crippen molar-refractivity contribution in [2.45, 2.75) is 58.2 Å². The highest BCUT2D eigenvalue weighted by molar-refractivity contribution is 9.10. The number of fused-ring (bicyclic) bond motifs is 1. The van der Waals surface area contributed by atoms with Gasteiger partial charge in [0.05, 0.1) is 5.52 Å². The number of hydrogen-bond donors (Lipinski definition) is 0. The van der Waals surface area contributed by atoms with Crippen LogP contribution in [0.5, 0.6) is 0 Å². The van der Waals surface area contributed by atoms with Gasteiger partial charge in [0, 0.05) is 9.86 Å². The summed E-state index contributed by atoms with van der Waals surface area (Å²) in [6.45, 7) is 13.8. The third-order valence-electron chi connectivity index (χ3n) is 4.89. The monoisotopic (exact) mass is 369 g/mol. The average Bonchev–Trinajstić information content (AvgIpc) is 2.72. The van der Waals surface area contributed by atoms with E-state index in [1.807, 2.05) is 6.07 Å². The van der Waals surface area contributed by atoms with E-state index >= 15 is 0 Å². The molecule has 0 saturated carbocycles. The molecule has 1 heterocycles. The Labute approximate surface area is 136 Å². The Bertz CT molecular complexity index is 624. The zero-order valence-corrected chi connectivity index (χ0v) is 16.3. The molecule has 0 spiro atoms. The van der Waals surface area contributed by atoms with Crippen LogP contribution in [0.25, 0.3) is 10.9 Å². The molecule has 0 N–H and O–H groups in total. The highest BCUT2D eigenvalue weighted by atomic mass is 79.9. The lowest BCUT2D eigenvalue weighted by Gasteiger charge is -2.44. The zero-order valence-electron chi connectivity index (χ0n) is 13.7. The Hall–Kier alpha value is -0.613. The molecule has 0 radical (unpaired) electrons. The van der Waals surface area contributed by atoms with Crippen LogP contribution in [-0.4, -0.2) is 12.5 Å². The molecular formula is C17H25BrFNSi. The van der Waals surface area contributed by atoms with Crippen molar-refractivity contribution in [2.24, 2.45) is 0 Å². The topological polar surface area (TPSA) is 4.93 Å². The second-order valence-electron chi connectivity index (χ2n) is 6.86. The summed E-state index contributed by atoms with van der Waals surface area (Å²) in [5.74, 6) is -0.122. The van der Waals surface area contributed by atoms with E-state index in [-0.39, 0.29) is 5.82 Å². The fraction of sp³-hybridized carbons (Fsp3) is 0.529. The van der Waals surface area contributed by atoms with Crippen LogP contribution in [0.1, 0.15) is 41.5 Å². The third kappa shape index (κ3) is 2.50. The Morgan fingerprint density at radius 1 is 1.00 bits per heavy atom. The summed E-state index contributed by atoms with van der Waals surface area (Å²) in [6.07, 6.45) is 2.12. The molecule has 0 aliphatic rings. The van der Waals surface area contributed by atoms with Gasteiger partial charge in [-0.1, -0.05) is 57.5 Å². The van der Waals surface area contributed by atoms with Gasteiger partial charge in [-0.3, -0.25) is 0 Å². The number of halogens is 2. The van der Waals surface area contributed by atoms with E-state index in [1.54, 1.807) is 6.07 Å². The Morgan fingerprint density at radius 2 is 1.52 bits per heavy atom. The van der Waals surface area contributed by atoms with Crippen LogP contribution in [0.2, 0.25) is 16.6 Å². The molecule has 0 unspecified atom stereocenters. The lowest BCUT2D eigenvalue weighted by atomic mass is 10.2. The van der Waals surface area contributed by atoms with Crippen LogP contribution in [0.3, 0.4) is 0 Å². The van der Waals surface area contributed by atoms with Crippen LogP contribution in [-0.2, 0) is 0 Å². The highest BCUT2D eigenvalue weighted by Gasteiger charge is 2.45. The molecule has 0 bridgehead atoms. The van der Waals surface area contributed by atoms with E-state index in [2.05, 4.69) is 74.0 Å². The Morgan fingerprint density at radius 3 is 2.00 bits per heavy atom. The molecule has 1 aromatic heterocycles. The summed E-state index contributed by atoms with van der Waals surface area (Å²) in [6, 6.07) is 5.64. The lowest BCUT2D eigenvalue weighted by molar-refractivity contribution is 0.632. The molecule has 0 aliphatic heterocycles. The van der Waals surface area contributed by atoms with Crippen molar-refractivity contribution in [3.8, 4) is 0 Å². The minimum atomic E-state index is -1.90. The lowest BCUT2D eigenvalue weighted by Crippen LogP contribution is -2.51. The first-order valence-electron chi connectivity index (χ1n) is 7.69. The van der Waals surface area contributed by atoms with Gasteiger partial charge in [-0.15, -0.1) is 0 Å². The van der Waals surface area contributed by atoms with Crippen molar-refractivity contribution >= 4 is 35.1 Å². The van der Waals surface area contributed by atoms with Gasteiger partial charge in [0.1, 0.15) is 5.82 Å². The predicted octanol–water partition coefficient (Wildman–Crippen LogP) is 6.57. The SMILES string of the molecule is CC(C)[Si](C(C)C)(C(C)C)n1ccc2cc(Br)cc(F)c21. The zero-order chi connectivity index (χ0) is 15.9. The molecule has 2 aromatic rings. The average molecular weight is 370 g/mol. The summed E-state index contributed by atoms with van der Waals surface area (Å²) in [4.78, 5) is 0. The van der Waals surface area contributed by atoms with Gasteiger partial charge in [0.25, 0.3) is 0 Å². The standard InChI is InChI=1S/C17H25BrFNSi/c1-11(2)21(12(3)4,13(5)6)20-8-7-14-9-15(18)10-16(19)17(14)20/h7-13H,1-6H3. The normalized spacial score (nSPS) is 13.1. The molecule has 21 heavy (non-hydrogen) atoms. The van der Waals surface area contributed by atoms with Crippen LogP contribution >= 0.6 is 15.9 Å². The van der Waals surface area contributed by atoms with Crippen LogP contribution in [0.15, 0.2) is 28.9 Å². The van der Waals surface area contributed by atoms with Gasteiger partial charge in [-0.2, -0.15) is 0 Å². The van der Waals surface area contributed by atoms with Crippen LogP contribution in [0.4, 0.5) is 4.39 Å². The fourth-order valence-corrected chi connectivity index (χ4v) is 11.4. The summed E-state index contributed by atoms with van der Waals surface area (Å²) >= 11 is 3.39. The Kier molecular flexibility index (Phi) is 4.69. The van der Waals surface area contributed by atoms with E-state index in [0.717, 1.165) is 15.4 Å². The van der Waals surface area contributed by atoms with Crippen LogP contribution in [0, 0.1) is 5.82 Å². The summed E-state index contributed by atoms with van der Waals surface area (Å²) in [5.41, 5.74) is 2.43. The Balaban J connectivity index is 2.84. The fourth-order valence-electron chi connectivity index (χ4n) is 4.35. The number of aromatic nitrogens is 1. The predicted molar refractivity (Wildman–Crippen MR) is 96.0 cm³/mol. The van der Waals surface area contributed by atoms with Crippen molar-refractivity contribution in [3.05, 3.63) is 34.7 Å². The first-order valence-corrected chi connectivity index (χ1v) is 10.7. The van der Waals surface area contributed by atoms with E-state index in [1.165, 1.54) is 0 Å². The molecule has 4 heteroatoms. The molecule has 0 amide bonds. The van der Waals surface area contributed by atoms with Gasteiger partial charge in [0.2, 0.25) is 0 Å². The molecule has 1 nitrogen and oxygen atoms in total. The molecule has 0 saturated heterocycles. The highest BCUT2D eigenvalue weighted by Crippen LogP contribution is 2.44. The number of hydrogen-bond acceptors (Lipinski definition) is 0. The molecule has 0 fully saturated rings. The number of benzene rings is 1. The van der Waals surface area contributed by atoms with E-state index in [4.69, 9.17) is 0 Å². The molecule has 2 rings (SSSR count). The first-order chi connectivity index (χ1) is 9.72. The largest absolute Gasteiger partial charge is 0.371 e. The van der Waals surface area contributed by atoms with Gasteiger partial charge >= 0.3 is 0 Å². The number of nitrogens with zero attached hydrogens (tertiary/aromatic N) is 1. The van der Waals surface area contributed by atoms with Crippen LogP contribution < -0.4 is 0 Å². The molecule has 1 aromatic carbocycles. The van der Waals surface area contributed by atoms with Gasteiger partial charge in [-0.05, 0) is 41.0 Å². The van der Waals surface area contributed by atoms with E-state index in [0.29, 0.717) is 16.6 Å². The molecule has 0 atom stereocenters. The minimum absolute atomic E-state index is 0.122. The van der Waals surface area contributed by atoms with E-state index in [9.17, 15) is 4.39 Å². The van der Waals surface area contributed by atoms with Crippen molar-refractivity contribution in [1.82, 2.24) is 4.23 Å². The minimum Gasteiger partial charge on any atom is -0.371 e. The van der Waals surface area contributed by atoms with Gasteiger partial charge in [-0.25, -0.2) is 4.39 Å². The second kappa shape index (κ2) is 5.88. The first kappa shape index (κ1) is 16.8. The summed E-state index contributed by atoms with van der Waals surface area (Å²) in [5, 5.41) is 0.987.